The van der Waals surface area contributed by atoms with Crippen molar-refractivity contribution in [1.29, 1.82) is 0 Å². The SMILES string of the molecule is Cc1ccc(CN2CCC(CN(C)C(=O)c3ccc(C4CCCN4)s3)CC2)o1.Cl.Cl. The standard InChI is InChI=1S/C22H31N3O2S.2ClH/c1-16-5-6-18(27-16)15-25-12-9-17(10-13-25)14-24(2)22(26)21-8-7-20(28-21)19-4-3-11-23-19;;/h5-8,17,19,23H,3-4,9-15H2,1-2H3;2*1H. The molecule has 5 nitrogen and oxygen atoms in total. The molecular weight excluding hydrogens is 441 g/mol. The third-order valence-corrected chi connectivity index (χ3v) is 7.19. The summed E-state index contributed by atoms with van der Waals surface area (Å²) >= 11 is 1.66. The van der Waals surface area contributed by atoms with E-state index in [2.05, 4.69) is 22.3 Å². The first-order valence-corrected chi connectivity index (χ1v) is 11.3. The highest BCUT2D eigenvalue weighted by molar-refractivity contribution is 7.14. The zero-order valence-corrected chi connectivity index (χ0v) is 20.2. The number of hydrogen-bond donors (Lipinski definition) is 1. The molecule has 30 heavy (non-hydrogen) atoms. The number of furan rings is 1. The molecule has 0 spiro atoms. The maximum absolute atomic E-state index is 12.8. The van der Waals surface area contributed by atoms with E-state index in [9.17, 15) is 4.79 Å². The van der Waals surface area contributed by atoms with Crippen LogP contribution in [0.15, 0.2) is 28.7 Å². The summed E-state index contributed by atoms with van der Waals surface area (Å²) in [5.74, 6) is 2.78. The molecule has 1 N–H and O–H groups in total. The van der Waals surface area contributed by atoms with Gasteiger partial charge < -0.3 is 14.6 Å². The lowest BCUT2D eigenvalue weighted by Crippen LogP contribution is -2.39. The molecular formula is C22H33Cl2N3O2S. The predicted octanol–water partition coefficient (Wildman–Crippen LogP) is 4.90. The minimum Gasteiger partial charge on any atom is -0.465 e. The molecule has 1 atom stereocenters. The number of nitrogens with one attached hydrogen (secondary N) is 1. The van der Waals surface area contributed by atoms with Gasteiger partial charge in [0.05, 0.1) is 11.4 Å². The Bertz CT molecular complexity index is 796. The molecule has 1 amide bonds. The van der Waals surface area contributed by atoms with Crippen LogP contribution in [0.5, 0.6) is 0 Å². The lowest BCUT2D eigenvalue weighted by molar-refractivity contribution is 0.0739. The number of amides is 1. The number of halogens is 2. The van der Waals surface area contributed by atoms with Gasteiger partial charge in [-0.3, -0.25) is 9.69 Å². The van der Waals surface area contributed by atoms with E-state index in [1.54, 1.807) is 11.3 Å². The molecule has 8 heteroatoms. The normalized spacial score (nSPS) is 19.9. The molecule has 0 saturated carbocycles. The molecule has 2 aromatic rings. The molecule has 0 aliphatic carbocycles. The van der Waals surface area contributed by atoms with Crippen molar-refractivity contribution < 1.29 is 9.21 Å². The van der Waals surface area contributed by atoms with E-state index in [-0.39, 0.29) is 30.7 Å². The summed E-state index contributed by atoms with van der Waals surface area (Å²) in [6.45, 7) is 6.96. The number of aryl methyl sites for hydroxylation is 1. The monoisotopic (exact) mass is 473 g/mol. The second-order valence-corrected chi connectivity index (χ2v) is 9.38. The Morgan fingerprint density at radius 2 is 1.97 bits per heavy atom. The quantitative estimate of drug-likeness (QED) is 0.647. The summed E-state index contributed by atoms with van der Waals surface area (Å²) < 4.78 is 5.70. The highest BCUT2D eigenvalue weighted by Crippen LogP contribution is 2.30. The number of carbonyl (C=O) groups is 1. The fourth-order valence-electron chi connectivity index (χ4n) is 4.36. The van der Waals surface area contributed by atoms with Gasteiger partial charge in [-0.05, 0) is 82.4 Å². The molecule has 4 heterocycles. The van der Waals surface area contributed by atoms with Crippen molar-refractivity contribution in [2.45, 2.75) is 45.2 Å². The topological polar surface area (TPSA) is 48.7 Å². The van der Waals surface area contributed by atoms with Gasteiger partial charge in [0.25, 0.3) is 5.91 Å². The average molecular weight is 474 g/mol. The van der Waals surface area contributed by atoms with Crippen molar-refractivity contribution in [3.8, 4) is 0 Å². The number of hydrogen-bond acceptors (Lipinski definition) is 5. The summed E-state index contributed by atoms with van der Waals surface area (Å²) in [4.78, 5) is 19.4. The molecule has 2 fully saturated rings. The number of thiophene rings is 1. The van der Waals surface area contributed by atoms with Gasteiger partial charge in [0.1, 0.15) is 11.5 Å². The third kappa shape index (κ3) is 6.24. The van der Waals surface area contributed by atoms with Gasteiger partial charge in [-0.1, -0.05) is 0 Å². The van der Waals surface area contributed by atoms with E-state index in [1.807, 2.05) is 31.0 Å². The smallest absolute Gasteiger partial charge is 0.263 e. The number of nitrogens with zero attached hydrogens (tertiary/aromatic N) is 2. The minimum atomic E-state index is 0. The van der Waals surface area contributed by atoms with Gasteiger partial charge in [0.15, 0.2) is 0 Å². The van der Waals surface area contributed by atoms with Crippen molar-refractivity contribution in [3.05, 3.63) is 45.5 Å². The second kappa shape index (κ2) is 11.5. The zero-order chi connectivity index (χ0) is 19.5. The Balaban J connectivity index is 0.00000160. The molecule has 2 aromatic heterocycles. The molecule has 2 saturated heterocycles. The van der Waals surface area contributed by atoms with Crippen LogP contribution >= 0.6 is 36.2 Å². The minimum absolute atomic E-state index is 0. The molecule has 1 unspecified atom stereocenters. The Labute approximate surface area is 196 Å². The molecule has 168 valence electrons. The Hall–Kier alpha value is -1.05. The van der Waals surface area contributed by atoms with Crippen molar-refractivity contribution in [2.75, 3.05) is 33.2 Å². The maximum Gasteiger partial charge on any atom is 0.263 e. The summed E-state index contributed by atoms with van der Waals surface area (Å²) in [7, 11) is 1.95. The fraction of sp³-hybridized carbons (Fsp3) is 0.591. The lowest BCUT2D eigenvalue weighted by Gasteiger charge is -2.33. The van der Waals surface area contributed by atoms with Crippen LogP contribution in [0.4, 0.5) is 0 Å². The maximum atomic E-state index is 12.8. The van der Waals surface area contributed by atoms with E-state index in [1.165, 1.54) is 17.7 Å². The highest BCUT2D eigenvalue weighted by atomic mass is 35.5. The van der Waals surface area contributed by atoms with Crippen LogP contribution in [0.2, 0.25) is 0 Å². The van der Waals surface area contributed by atoms with E-state index < -0.39 is 0 Å². The van der Waals surface area contributed by atoms with E-state index in [0.717, 1.165) is 62.0 Å². The van der Waals surface area contributed by atoms with Gasteiger partial charge in [-0.25, -0.2) is 0 Å². The summed E-state index contributed by atoms with van der Waals surface area (Å²) in [5, 5.41) is 3.52. The molecule has 2 aliphatic rings. The van der Waals surface area contributed by atoms with Gasteiger partial charge in [-0.2, -0.15) is 0 Å². The van der Waals surface area contributed by atoms with E-state index in [0.29, 0.717) is 12.0 Å². The van der Waals surface area contributed by atoms with Gasteiger partial charge in [0, 0.05) is 24.5 Å². The van der Waals surface area contributed by atoms with Crippen molar-refractivity contribution in [3.63, 3.8) is 0 Å². The average Bonchev–Trinajstić information content (AvgIpc) is 3.44. The van der Waals surface area contributed by atoms with Crippen LogP contribution in [0.1, 0.15) is 57.8 Å². The summed E-state index contributed by atoms with van der Waals surface area (Å²) in [6, 6.07) is 8.68. The number of piperidine rings is 1. The lowest BCUT2D eigenvalue weighted by atomic mass is 9.96. The van der Waals surface area contributed by atoms with E-state index in [4.69, 9.17) is 4.42 Å². The summed E-state index contributed by atoms with van der Waals surface area (Å²) in [6.07, 6.45) is 4.68. The van der Waals surface area contributed by atoms with Gasteiger partial charge in [-0.15, -0.1) is 36.2 Å². The Morgan fingerprint density at radius 1 is 1.20 bits per heavy atom. The molecule has 4 rings (SSSR count). The van der Waals surface area contributed by atoms with Crippen molar-refractivity contribution >= 4 is 42.1 Å². The summed E-state index contributed by atoms with van der Waals surface area (Å²) in [5.41, 5.74) is 0. The number of carbonyl (C=O) groups excluding carboxylic acids is 1. The Kier molecular flexibility index (Phi) is 9.69. The number of likely N-dealkylation sites (tertiary alicyclic amines) is 1. The predicted molar refractivity (Wildman–Crippen MR) is 127 cm³/mol. The zero-order valence-electron chi connectivity index (χ0n) is 17.8. The number of rotatable bonds is 6. The third-order valence-electron chi connectivity index (χ3n) is 6.00. The first-order valence-electron chi connectivity index (χ1n) is 10.4. The molecule has 0 bridgehead atoms. The first-order chi connectivity index (χ1) is 13.6. The molecule has 0 radical (unpaired) electrons. The van der Waals surface area contributed by atoms with Crippen molar-refractivity contribution in [1.82, 2.24) is 15.1 Å². The van der Waals surface area contributed by atoms with E-state index >= 15 is 0 Å². The van der Waals surface area contributed by atoms with Crippen LogP contribution in [-0.2, 0) is 6.54 Å². The van der Waals surface area contributed by atoms with Gasteiger partial charge >= 0.3 is 0 Å². The molecule has 2 aliphatic heterocycles. The van der Waals surface area contributed by atoms with Crippen LogP contribution in [0.3, 0.4) is 0 Å². The van der Waals surface area contributed by atoms with Crippen molar-refractivity contribution in [2.24, 2.45) is 5.92 Å². The van der Waals surface area contributed by atoms with Crippen LogP contribution in [0, 0.1) is 12.8 Å². The van der Waals surface area contributed by atoms with Crippen LogP contribution in [-0.4, -0.2) is 48.9 Å². The van der Waals surface area contributed by atoms with Crippen LogP contribution < -0.4 is 5.32 Å². The van der Waals surface area contributed by atoms with Gasteiger partial charge in [0.2, 0.25) is 0 Å². The Morgan fingerprint density at radius 3 is 2.60 bits per heavy atom. The second-order valence-electron chi connectivity index (χ2n) is 8.27. The largest absolute Gasteiger partial charge is 0.465 e. The first kappa shape index (κ1) is 25.2. The highest BCUT2D eigenvalue weighted by Gasteiger charge is 2.25. The fourth-order valence-corrected chi connectivity index (χ4v) is 5.47. The van der Waals surface area contributed by atoms with Crippen LogP contribution in [0.25, 0.3) is 0 Å². The molecule has 0 aromatic carbocycles.